The van der Waals surface area contributed by atoms with Crippen molar-refractivity contribution in [3.63, 3.8) is 0 Å². The molecule has 110 valence electrons. The maximum Gasteiger partial charge on any atom is 0.274 e. The van der Waals surface area contributed by atoms with E-state index in [1.807, 2.05) is 11.8 Å². The zero-order valence-electron chi connectivity index (χ0n) is 11.3. The van der Waals surface area contributed by atoms with Gasteiger partial charge in [0, 0.05) is 18.8 Å². The number of rotatable bonds is 4. The summed E-state index contributed by atoms with van der Waals surface area (Å²) in [5.74, 6) is -0.810. The number of aliphatic hydroxyl groups is 1. The first kappa shape index (κ1) is 14.7. The van der Waals surface area contributed by atoms with Crippen molar-refractivity contribution >= 4 is 11.8 Å². The molecule has 1 aliphatic rings. The molecule has 2 heterocycles. The first-order chi connectivity index (χ1) is 9.60. The number of carbonyl (C=O) groups is 2. The number of hydrogen-bond donors (Lipinski definition) is 3. The Hall–Kier alpha value is -1.70. The summed E-state index contributed by atoms with van der Waals surface area (Å²) >= 11 is 0. The summed E-state index contributed by atoms with van der Waals surface area (Å²) in [4.78, 5) is 28.2. The summed E-state index contributed by atoms with van der Waals surface area (Å²) in [6, 6.07) is 3.36. The number of H-pyrrole nitrogens is 1. The van der Waals surface area contributed by atoms with Crippen LogP contribution in [0.5, 0.6) is 0 Å². The molecule has 1 aromatic heterocycles. The number of aliphatic hydroxyl groups excluding tert-OH is 1. The number of ether oxygens (including phenoxy) is 1. The van der Waals surface area contributed by atoms with Crippen LogP contribution in [0.1, 0.15) is 17.4 Å². The second kappa shape index (κ2) is 6.65. The number of carbonyl (C=O) groups excluding carboxylic acids is 2. The molecule has 2 amide bonds. The van der Waals surface area contributed by atoms with Crippen LogP contribution in [0.3, 0.4) is 0 Å². The second-order valence-corrected chi connectivity index (χ2v) is 4.88. The SMILES string of the molecule is CC1COC(CO)CN1CC(=O)NC(=O)c1ccc[nH]1. The van der Waals surface area contributed by atoms with E-state index >= 15 is 0 Å². The van der Waals surface area contributed by atoms with Crippen LogP contribution in [0.2, 0.25) is 0 Å². The number of morpholine rings is 1. The molecule has 2 rings (SSSR count). The molecule has 0 bridgehead atoms. The van der Waals surface area contributed by atoms with Crippen LogP contribution < -0.4 is 5.32 Å². The topological polar surface area (TPSA) is 94.7 Å². The van der Waals surface area contributed by atoms with Crippen LogP contribution in [0.15, 0.2) is 18.3 Å². The van der Waals surface area contributed by atoms with Crippen LogP contribution >= 0.6 is 0 Å². The van der Waals surface area contributed by atoms with Crippen LogP contribution in [0.25, 0.3) is 0 Å². The van der Waals surface area contributed by atoms with Crippen molar-refractivity contribution in [3.05, 3.63) is 24.0 Å². The average molecular weight is 281 g/mol. The first-order valence-corrected chi connectivity index (χ1v) is 6.54. The summed E-state index contributed by atoms with van der Waals surface area (Å²) < 4.78 is 5.40. The number of nitrogens with one attached hydrogen (secondary N) is 2. The smallest absolute Gasteiger partial charge is 0.274 e. The van der Waals surface area contributed by atoms with Crippen molar-refractivity contribution in [1.82, 2.24) is 15.2 Å². The molecule has 2 atom stereocenters. The van der Waals surface area contributed by atoms with Crippen molar-refractivity contribution in [3.8, 4) is 0 Å². The molecule has 0 radical (unpaired) electrons. The fourth-order valence-electron chi connectivity index (χ4n) is 2.10. The van der Waals surface area contributed by atoms with Crippen molar-refractivity contribution < 1.29 is 19.4 Å². The third kappa shape index (κ3) is 3.66. The predicted molar refractivity (Wildman–Crippen MR) is 71.1 cm³/mol. The van der Waals surface area contributed by atoms with Crippen LogP contribution in [-0.2, 0) is 9.53 Å². The van der Waals surface area contributed by atoms with Gasteiger partial charge in [-0.25, -0.2) is 0 Å². The van der Waals surface area contributed by atoms with E-state index < -0.39 is 5.91 Å². The maximum absolute atomic E-state index is 11.9. The highest BCUT2D eigenvalue weighted by Gasteiger charge is 2.27. The van der Waals surface area contributed by atoms with E-state index in [9.17, 15) is 9.59 Å². The standard InChI is InChI=1S/C13H19N3O4/c1-9-8-20-10(7-17)5-16(9)6-12(18)15-13(19)11-3-2-4-14-11/h2-4,9-10,14,17H,5-8H2,1H3,(H,15,18,19). The Labute approximate surface area is 116 Å². The number of amides is 2. The van der Waals surface area contributed by atoms with Gasteiger partial charge in [-0.3, -0.25) is 19.8 Å². The Morgan fingerprint density at radius 3 is 3.05 bits per heavy atom. The molecule has 3 N–H and O–H groups in total. The Morgan fingerprint density at radius 1 is 1.60 bits per heavy atom. The van der Waals surface area contributed by atoms with Gasteiger partial charge in [0.25, 0.3) is 5.91 Å². The molecular formula is C13H19N3O4. The van der Waals surface area contributed by atoms with Crippen LogP contribution in [-0.4, -0.2) is 65.3 Å². The van der Waals surface area contributed by atoms with E-state index in [0.717, 1.165) is 0 Å². The number of imide groups is 1. The molecule has 0 spiro atoms. The fraction of sp³-hybridized carbons (Fsp3) is 0.538. The minimum Gasteiger partial charge on any atom is -0.394 e. The third-order valence-electron chi connectivity index (χ3n) is 3.28. The van der Waals surface area contributed by atoms with Gasteiger partial charge in [-0.1, -0.05) is 0 Å². The number of nitrogens with zero attached hydrogens (tertiary/aromatic N) is 1. The van der Waals surface area contributed by atoms with E-state index in [1.165, 1.54) is 0 Å². The molecular weight excluding hydrogens is 262 g/mol. The van der Waals surface area contributed by atoms with Gasteiger partial charge in [0.05, 0.1) is 25.9 Å². The zero-order chi connectivity index (χ0) is 14.5. The third-order valence-corrected chi connectivity index (χ3v) is 3.28. The molecule has 1 saturated heterocycles. The number of aromatic nitrogens is 1. The Morgan fingerprint density at radius 2 is 2.40 bits per heavy atom. The minimum absolute atomic E-state index is 0.0733. The normalized spacial score (nSPS) is 23.5. The lowest BCUT2D eigenvalue weighted by atomic mass is 10.2. The zero-order valence-corrected chi connectivity index (χ0v) is 11.3. The van der Waals surface area contributed by atoms with Crippen molar-refractivity contribution in [1.29, 1.82) is 0 Å². The van der Waals surface area contributed by atoms with Crippen molar-refractivity contribution in [2.45, 2.75) is 19.1 Å². The van der Waals surface area contributed by atoms with Crippen molar-refractivity contribution in [2.24, 2.45) is 0 Å². The summed E-state index contributed by atoms with van der Waals surface area (Å²) in [5, 5.41) is 11.4. The highest BCUT2D eigenvalue weighted by molar-refractivity contribution is 6.04. The van der Waals surface area contributed by atoms with E-state index in [4.69, 9.17) is 9.84 Å². The highest BCUT2D eigenvalue weighted by Crippen LogP contribution is 2.10. The lowest BCUT2D eigenvalue weighted by molar-refractivity contribution is -0.126. The monoisotopic (exact) mass is 281 g/mol. The second-order valence-electron chi connectivity index (χ2n) is 4.88. The predicted octanol–water partition coefficient (Wildman–Crippen LogP) is -0.647. The maximum atomic E-state index is 11.9. The first-order valence-electron chi connectivity index (χ1n) is 6.54. The summed E-state index contributed by atoms with van der Waals surface area (Å²) in [6.45, 7) is 2.90. The molecule has 1 fully saturated rings. The molecule has 7 heteroatoms. The van der Waals surface area contributed by atoms with E-state index in [0.29, 0.717) is 18.8 Å². The van der Waals surface area contributed by atoms with Crippen molar-refractivity contribution in [2.75, 3.05) is 26.3 Å². The summed E-state index contributed by atoms with van der Waals surface area (Å²) in [7, 11) is 0. The Balaban J connectivity index is 1.85. The lowest BCUT2D eigenvalue weighted by Crippen LogP contribution is -2.53. The van der Waals surface area contributed by atoms with Gasteiger partial charge in [-0.15, -0.1) is 0 Å². The summed E-state index contributed by atoms with van der Waals surface area (Å²) in [6.07, 6.45) is 1.34. The van der Waals surface area contributed by atoms with Crippen LogP contribution in [0.4, 0.5) is 0 Å². The number of hydrogen-bond acceptors (Lipinski definition) is 5. The molecule has 0 aliphatic carbocycles. The molecule has 2 unspecified atom stereocenters. The largest absolute Gasteiger partial charge is 0.394 e. The van der Waals surface area contributed by atoms with Gasteiger partial charge >= 0.3 is 0 Å². The molecule has 7 nitrogen and oxygen atoms in total. The van der Waals surface area contributed by atoms with Gasteiger partial charge in [-0.05, 0) is 19.1 Å². The van der Waals surface area contributed by atoms with Gasteiger partial charge in [-0.2, -0.15) is 0 Å². The van der Waals surface area contributed by atoms with E-state index in [2.05, 4.69) is 10.3 Å². The quantitative estimate of drug-likeness (QED) is 0.682. The van der Waals surface area contributed by atoms with Gasteiger partial charge in [0.1, 0.15) is 5.69 Å². The highest BCUT2D eigenvalue weighted by atomic mass is 16.5. The van der Waals surface area contributed by atoms with Gasteiger partial charge in [0.15, 0.2) is 0 Å². The average Bonchev–Trinajstić information content (AvgIpc) is 2.95. The minimum atomic E-state index is -0.445. The summed E-state index contributed by atoms with van der Waals surface area (Å²) in [5.41, 5.74) is 0.349. The Bertz CT molecular complexity index is 460. The lowest BCUT2D eigenvalue weighted by Gasteiger charge is -2.36. The van der Waals surface area contributed by atoms with Crippen LogP contribution in [0, 0.1) is 0 Å². The molecule has 1 aromatic rings. The molecule has 0 saturated carbocycles. The fourth-order valence-corrected chi connectivity index (χ4v) is 2.10. The van der Waals surface area contributed by atoms with E-state index in [-0.39, 0.29) is 31.2 Å². The molecule has 0 aromatic carbocycles. The van der Waals surface area contributed by atoms with E-state index in [1.54, 1.807) is 18.3 Å². The number of aromatic amines is 1. The molecule has 20 heavy (non-hydrogen) atoms. The van der Waals surface area contributed by atoms with Gasteiger partial charge < -0.3 is 14.8 Å². The Kier molecular flexibility index (Phi) is 4.89. The molecule has 1 aliphatic heterocycles. The van der Waals surface area contributed by atoms with Gasteiger partial charge in [0.2, 0.25) is 5.91 Å².